The van der Waals surface area contributed by atoms with Gasteiger partial charge in [0.1, 0.15) is 18.1 Å². The van der Waals surface area contributed by atoms with E-state index < -0.39 is 15.4 Å². The van der Waals surface area contributed by atoms with Crippen molar-refractivity contribution in [3.05, 3.63) is 132 Å². The normalized spacial score (nSPS) is 11.3. The number of methoxy groups -OCH3 is 1. The number of nitrogens with zero attached hydrogens (tertiary/aromatic N) is 5. The number of nitro benzene ring substituents is 2. The third-order valence-electron chi connectivity index (χ3n) is 7.23. The Labute approximate surface area is 257 Å². The Morgan fingerprint density at radius 1 is 0.933 bits per heavy atom. The summed E-state index contributed by atoms with van der Waals surface area (Å²) in [5.74, 6) is 1.33. The number of ether oxygens (including phenoxy) is 2. The molecule has 1 aromatic heterocycles. The van der Waals surface area contributed by atoms with Crippen LogP contribution in [0, 0.1) is 27.2 Å². The molecule has 0 aliphatic carbocycles. The zero-order valence-electron chi connectivity index (χ0n) is 25.0. The van der Waals surface area contributed by atoms with Crippen LogP contribution in [-0.4, -0.2) is 32.8 Å². The molecule has 0 atom stereocenters. The lowest BCUT2D eigenvalue weighted by Gasteiger charge is -2.17. The van der Waals surface area contributed by atoms with E-state index in [4.69, 9.17) is 14.5 Å². The fraction of sp³-hybridized carbons (Fsp3) is 0.182. The second-order valence-corrected chi connectivity index (χ2v) is 10.6. The lowest BCUT2D eigenvalue weighted by molar-refractivity contribution is -0.385. The summed E-state index contributed by atoms with van der Waals surface area (Å²) in [6, 6.07) is 20.7. The first kappa shape index (κ1) is 30.5. The molecule has 0 fully saturated rings. The first-order valence-corrected chi connectivity index (χ1v) is 14.0. The Balaban J connectivity index is 1.64. The Bertz CT molecular complexity index is 2040. The zero-order valence-corrected chi connectivity index (χ0v) is 25.0. The van der Waals surface area contributed by atoms with E-state index in [-0.39, 0.29) is 41.0 Å². The van der Waals surface area contributed by atoms with Gasteiger partial charge < -0.3 is 9.47 Å². The molecule has 5 aromatic rings. The Morgan fingerprint density at radius 2 is 1.67 bits per heavy atom. The summed E-state index contributed by atoms with van der Waals surface area (Å²) in [5.41, 5.74) is 2.89. The van der Waals surface area contributed by atoms with Crippen molar-refractivity contribution >= 4 is 28.5 Å². The van der Waals surface area contributed by atoms with E-state index in [9.17, 15) is 25.0 Å². The number of rotatable bonds is 10. The van der Waals surface area contributed by atoms with Gasteiger partial charge in [-0.05, 0) is 59.9 Å². The standard InChI is InChI=1S/C33H29N5O7/c1-20(2)27-17-28(21(3)14-31(27)44-4)32-35-29-11-6-5-10-26(29)33(39)36(32)34-18-23-16-25(38(42)43)12-13-30(23)45-19-22-8-7-9-24(15-22)37(40)41/h5-18,20H,19H2,1-4H3. The molecule has 0 saturated heterocycles. The van der Waals surface area contributed by atoms with E-state index in [1.54, 1.807) is 43.5 Å². The highest BCUT2D eigenvalue weighted by Crippen LogP contribution is 2.34. The van der Waals surface area contributed by atoms with Crippen LogP contribution in [0.1, 0.15) is 42.0 Å². The predicted octanol–water partition coefficient (Wildman–Crippen LogP) is 6.78. The van der Waals surface area contributed by atoms with Crippen molar-refractivity contribution in [3.8, 4) is 22.9 Å². The van der Waals surface area contributed by atoms with E-state index in [0.29, 0.717) is 27.8 Å². The van der Waals surface area contributed by atoms with E-state index >= 15 is 0 Å². The number of hydrogen-bond acceptors (Lipinski definition) is 9. The maximum atomic E-state index is 13.8. The highest BCUT2D eigenvalue weighted by Gasteiger charge is 2.19. The van der Waals surface area contributed by atoms with Crippen molar-refractivity contribution in [2.75, 3.05) is 7.11 Å². The van der Waals surface area contributed by atoms with Crippen molar-refractivity contribution in [1.82, 2.24) is 9.66 Å². The fourth-order valence-electron chi connectivity index (χ4n) is 4.89. The fourth-order valence-corrected chi connectivity index (χ4v) is 4.89. The summed E-state index contributed by atoms with van der Waals surface area (Å²) in [4.78, 5) is 40.4. The van der Waals surface area contributed by atoms with Crippen LogP contribution in [0.2, 0.25) is 0 Å². The number of nitro groups is 2. The molecule has 45 heavy (non-hydrogen) atoms. The summed E-state index contributed by atoms with van der Waals surface area (Å²) in [5, 5.41) is 27.7. The van der Waals surface area contributed by atoms with Crippen LogP contribution in [0.5, 0.6) is 11.5 Å². The van der Waals surface area contributed by atoms with Crippen molar-refractivity contribution < 1.29 is 19.3 Å². The van der Waals surface area contributed by atoms with E-state index in [2.05, 4.69) is 5.10 Å². The van der Waals surface area contributed by atoms with Crippen LogP contribution in [0.15, 0.2) is 88.8 Å². The Morgan fingerprint density at radius 3 is 2.38 bits per heavy atom. The predicted molar refractivity (Wildman–Crippen MR) is 170 cm³/mol. The van der Waals surface area contributed by atoms with Gasteiger partial charge in [-0.3, -0.25) is 25.0 Å². The summed E-state index contributed by atoms with van der Waals surface area (Å²) in [7, 11) is 1.60. The van der Waals surface area contributed by atoms with Crippen molar-refractivity contribution in [3.63, 3.8) is 0 Å². The highest BCUT2D eigenvalue weighted by molar-refractivity contribution is 5.85. The molecule has 4 aromatic carbocycles. The van der Waals surface area contributed by atoms with Gasteiger partial charge in [-0.2, -0.15) is 9.78 Å². The molecule has 5 rings (SSSR count). The molecule has 0 bridgehead atoms. The van der Waals surface area contributed by atoms with E-state index in [0.717, 1.165) is 11.1 Å². The number of non-ortho nitro benzene ring substituents is 2. The Kier molecular flexibility index (Phi) is 8.66. The average molecular weight is 608 g/mol. The summed E-state index contributed by atoms with van der Waals surface area (Å²) in [6.45, 7) is 5.91. The van der Waals surface area contributed by atoms with E-state index in [1.807, 2.05) is 32.9 Å². The lowest BCUT2D eigenvalue weighted by Crippen LogP contribution is -2.21. The number of hydrogen-bond donors (Lipinski definition) is 0. The molecule has 12 heteroatoms. The quantitative estimate of drug-likeness (QED) is 0.0957. The van der Waals surface area contributed by atoms with Gasteiger partial charge in [0.2, 0.25) is 0 Å². The van der Waals surface area contributed by atoms with Crippen molar-refractivity contribution in [2.45, 2.75) is 33.3 Å². The summed E-state index contributed by atoms with van der Waals surface area (Å²) < 4.78 is 12.7. The number of para-hydroxylation sites is 1. The molecule has 0 aliphatic rings. The SMILES string of the molecule is COc1cc(C)c(-c2nc3ccccc3c(=O)n2N=Cc2cc([N+](=O)[O-])ccc2OCc2cccc([N+](=O)[O-])c2)cc1C(C)C. The Hall–Kier alpha value is -5.91. The average Bonchev–Trinajstić information content (AvgIpc) is 3.03. The van der Waals surface area contributed by atoms with Gasteiger partial charge in [0.05, 0.1) is 34.1 Å². The maximum absolute atomic E-state index is 13.8. The van der Waals surface area contributed by atoms with Crippen LogP contribution in [0.4, 0.5) is 11.4 Å². The highest BCUT2D eigenvalue weighted by atomic mass is 16.6. The van der Waals surface area contributed by atoms with E-state index in [1.165, 1.54) is 41.2 Å². The minimum absolute atomic E-state index is 0.0495. The molecule has 0 spiro atoms. The summed E-state index contributed by atoms with van der Waals surface area (Å²) in [6.07, 6.45) is 1.30. The largest absolute Gasteiger partial charge is 0.496 e. The molecule has 228 valence electrons. The molecule has 0 unspecified atom stereocenters. The van der Waals surface area contributed by atoms with Gasteiger partial charge in [-0.25, -0.2) is 4.98 Å². The topological polar surface area (TPSA) is 152 Å². The molecule has 0 amide bonds. The molecule has 0 radical (unpaired) electrons. The van der Waals surface area contributed by atoms with Gasteiger partial charge in [0, 0.05) is 35.4 Å². The van der Waals surface area contributed by atoms with Gasteiger partial charge in [0.15, 0.2) is 5.82 Å². The van der Waals surface area contributed by atoms with Crippen LogP contribution in [-0.2, 0) is 6.61 Å². The second-order valence-electron chi connectivity index (χ2n) is 10.6. The third kappa shape index (κ3) is 6.39. The van der Waals surface area contributed by atoms with Crippen LogP contribution in [0.3, 0.4) is 0 Å². The first-order valence-electron chi connectivity index (χ1n) is 14.0. The first-order chi connectivity index (χ1) is 21.6. The lowest BCUT2D eigenvalue weighted by atomic mass is 9.96. The molecule has 1 heterocycles. The number of aromatic nitrogens is 2. The molecule has 0 N–H and O–H groups in total. The minimum Gasteiger partial charge on any atom is -0.496 e. The van der Waals surface area contributed by atoms with Crippen molar-refractivity contribution in [1.29, 1.82) is 0 Å². The van der Waals surface area contributed by atoms with Crippen LogP contribution < -0.4 is 15.0 Å². The number of benzene rings is 4. The van der Waals surface area contributed by atoms with Gasteiger partial charge in [0.25, 0.3) is 16.9 Å². The number of fused-ring (bicyclic) bond motifs is 1. The minimum atomic E-state index is -0.551. The smallest absolute Gasteiger partial charge is 0.282 e. The summed E-state index contributed by atoms with van der Waals surface area (Å²) >= 11 is 0. The molecule has 12 nitrogen and oxygen atoms in total. The van der Waals surface area contributed by atoms with Gasteiger partial charge >= 0.3 is 0 Å². The molecular formula is C33H29N5O7. The molecule has 0 saturated carbocycles. The maximum Gasteiger partial charge on any atom is 0.282 e. The van der Waals surface area contributed by atoms with Crippen LogP contribution in [0.25, 0.3) is 22.3 Å². The van der Waals surface area contributed by atoms with Gasteiger partial charge in [-0.15, -0.1) is 0 Å². The number of aryl methyl sites for hydroxylation is 1. The second kappa shape index (κ2) is 12.8. The third-order valence-corrected chi connectivity index (χ3v) is 7.23. The molecule has 0 aliphatic heterocycles. The zero-order chi connectivity index (χ0) is 32.2. The van der Waals surface area contributed by atoms with Gasteiger partial charge in [-0.1, -0.05) is 38.1 Å². The monoisotopic (exact) mass is 607 g/mol. The van der Waals surface area contributed by atoms with Crippen molar-refractivity contribution in [2.24, 2.45) is 5.10 Å². The molecular weight excluding hydrogens is 578 g/mol. The van der Waals surface area contributed by atoms with Crippen LogP contribution >= 0.6 is 0 Å².